The number of aliphatic carboxylic acids is 2. The van der Waals surface area contributed by atoms with E-state index in [1.807, 2.05) is 48.5 Å². The number of carbonyl (C=O) groups excluding carboxylic acids is 1. The SMILES string of the molecule is O=C(O)CCC(NC(=O)c1cccc(Cn2c3ccccc3c3cc(-c4nn[nH]n4)ccc32)c1)C(=O)O. The molecular weight excluding hydrogens is 476 g/mol. The summed E-state index contributed by atoms with van der Waals surface area (Å²) in [7, 11) is 0. The molecule has 5 aromatic rings. The number of tetrazole rings is 1. The van der Waals surface area contributed by atoms with Gasteiger partial charge in [-0.1, -0.05) is 30.3 Å². The molecule has 0 saturated heterocycles. The fourth-order valence-corrected chi connectivity index (χ4v) is 4.41. The van der Waals surface area contributed by atoms with E-state index in [1.54, 1.807) is 18.2 Å². The molecule has 2 heterocycles. The van der Waals surface area contributed by atoms with Crippen molar-refractivity contribution in [1.29, 1.82) is 0 Å². The van der Waals surface area contributed by atoms with Crippen LogP contribution in [0.2, 0.25) is 0 Å². The first-order valence-corrected chi connectivity index (χ1v) is 11.5. The lowest BCUT2D eigenvalue weighted by molar-refractivity contribution is -0.140. The summed E-state index contributed by atoms with van der Waals surface area (Å²) in [4.78, 5) is 35.1. The predicted molar refractivity (Wildman–Crippen MR) is 134 cm³/mol. The zero-order valence-corrected chi connectivity index (χ0v) is 19.5. The maximum absolute atomic E-state index is 12.8. The number of carboxylic acids is 2. The van der Waals surface area contributed by atoms with Crippen LogP contribution < -0.4 is 5.32 Å². The number of carboxylic acid groups (broad SMARTS) is 2. The number of aromatic nitrogens is 5. The summed E-state index contributed by atoms with van der Waals surface area (Å²) >= 11 is 0. The van der Waals surface area contributed by atoms with Crippen LogP contribution in [0.15, 0.2) is 66.7 Å². The van der Waals surface area contributed by atoms with Crippen LogP contribution in [0.5, 0.6) is 0 Å². The lowest BCUT2D eigenvalue weighted by Crippen LogP contribution is -2.41. The zero-order valence-electron chi connectivity index (χ0n) is 19.5. The minimum absolute atomic E-state index is 0.205. The number of hydrogen-bond donors (Lipinski definition) is 4. The largest absolute Gasteiger partial charge is 0.481 e. The molecule has 0 fully saturated rings. The van der Waals surface area contributed by atoms with Crippen LogP contribution in [-0.2, 0) is 16.1 Å². The van der Waals surface area contributed by atoms with Gasteiger partial charge < -0.3 is 20.1 Å². The van der Waals surface area contributed by atoms with Gasteiger partial charge in [-0.2, -0.15) is 5.21 Å². The van der Waals surface area contributed by atoms with E-state index < -0.39 is 23.9 Å². The van der Waals surface area contributed by atoms with Gasteiger partial charge in [-0.3, -0.25) is 9.59 Å². The second-order valence-corrected chi connectivity index (χ2v) is 8.57. The fraction of sp³-hybridized carbons (Fsp3) is 0.154. The first-order valence-electron chi connectivity index (χ1n) is 11.5. The van der Waals surface area contributed by atoms with Crippen LogP contribution in [0.1, 0.15) is 28.8 Å². The Morgan fingerprint density at radius 3 is 2.51 bits per heavy atom. The summed E-state index contributed by atoms with van der Waals surface area (Å²) in [5, 5.41) is 37.0. The molecule has 0 saturated carbocycles. The number of amides is 1. The number of benzene rings is 3. The maximum Gasteiger partial charge on any atom is 0.326 e. The molecule has 2 aromatic heterocycles. The van der Waals surface area contributed by atoms with Crippen molar-refractivity contribution in [2.45, 2.75) is 25.4 Å². The molecule has 1 amide bonds. The van der Waals surface area contributed by atoms with Crippen molar-refractivity contribution >= 4 is 39.7 Å². The highest BCUT2D eigenvalue weighted by molar-refractivity contribution is 6.09. The molecule has 5 rings (SSSR count). The van der Waals surface area contributed by atoms with E-state index in [0.29, 0.717) is 17.9 Å². The van der Waals surface area contributed by atoms with Crippen molar-refractivity contribution in [2.75, 3.05) is 0 Å². The Kier molecular flexibility index (Phi) is 6.33. The highest BCUT2D eigenvalue weighted by Gasteiger charge is 2.22. The van der Waals surface area contributed by atoms with Crippen molar-refractivity contribution in [3.8, 4) is 11.4 Å². The summed E-state index contributed by atoms with van der Waals surface area (Å²) < 4.78 is 2.15. The van der Waals surface area contributed by atoms with Crippen molar-refractivity contribution in [3.63, 3.8) is 0 Å². The van der Waals surface area contributed by atoms with Crippen LogP contribution in [0.4, 0.5) is 0 Å². The number of fused-ring (bicyclic) bond motifs is 3. The first kappa shape index (κ1) is 23.7. The standard InChI is InChI=1S/C26H22N6O5/c33-23(34)11-9-20(26(36)37)27-25(35)17-5-3-4-15(12-17)14-32-21-7-2-1-6-18(21)19-13-16(8-10-22(19)32)24-28-30-31-29-24/h1-8,10,12-13,20H,9,11,14H2,(H,27,35)(H,33,34)(H,36,37)(H,28,29,30,31). The molecule has 1 atom stereocenters. The van der Waals surface area contributed by atoms with Crippen molar-refractivity contribution < 1.29 is 24.6 Å². The number of para-hydroxylation sites is 1. The molecule has 37 heavy (non-hydrogen) atoms. The number of rotatable bonds is 9. The second-order valence-electron chi connectivity index (χ2n) is 8.57. The summed E-state index contributed by atoms with van der Waals surface area (Å²) in [6.07, 6.45) is -0.567. The van der Waals surface area contributed by atoms with Gasteiger partial charge in [0, 0.05) is 45.9 Å². The van der Waals surface area contributed by atoms with Gasteiger partial charge in [0.2, 0.25) is 5.82 Å². The summed E-state index contributed by atoms with van der Waals surface area (Å²) in [5.41, 5.74) is 3.97. The Balaban J connectivity index is 1.45. The second kappa shape index (κ2) is 9.90. The van der Waals surface area contributed by atoms with Crippen molar-refractivity contribution in [1.82, 2.24) is 30.5 Å². The zero-order chi connectivity index (χ0) is 25.9. The highest BCUT2D eigenvalue weighted by atomic mass is 16.4. The Labute approximate surface area is 209 Å². The van der Waals surface area contributed by atoms with Crippen LogP contribution in [0.25, 0.3) is 33.2 Å². The maximum atomic E-state index is 12.8. The molecule has 4 N–H and O–H groups in total. The van der Waals surface area contributed by atoms with Gasteiger partial charge in [0.25, 0.3) is 5.91 Å². The van der Waals surface area contributed by atoms with Gasteiger partial charge in [-0.25, -0.2) is 4.79 Å². The van der Waals surface area contributed by atoms with Crippen LogP contribution in [0.3, 0.4) is 0 Å². The summed E-state index contributed by atoms with van der Waals surface area (Å²) in [6, 6.07) is 19.6. The Morgan fingerprint density at radius 1 is 0.946 bits per heavy atom. The molecule has 1 unspecified atom stereocenters. The van der Waals surface area contributed by atoms with Gasteiger partial charge in [0.1, 0.15) is 6.04 Å². The quantitative estimate of drug-likeness (QED) is 0.241. The van der Waals surface area contributed by atoms with Crippen LogP contribution in [0, 0.1) is 0 Å². The number of hydrogen-bond acceptors (Lipinski definition) is 6. The third kappa shape index (κ3) is 4.87. The lowest BCUT2D eigenvalue weighted by Gasteiger charge is -2.14. The van der Waals surface area contributed by atoms with E-state index in [2.05, 4.69) is 30.5 Å². The fourth-order valence-electron chi connectivity index (χ4n) is 4.41. The topological polar surface area (TPSA) is 163 Å². The lowest BCUT2D eigenvalue weighted by atomic mass is 10.1. The number of H-pyrrole nitrogens is 1. The molecule has 0 spiro atoms. The van der Waals surface area contributed by atoms with E-state index in [1.165, 1.54) is 0 Å². The highest BCUT2D eigenvalue weighted by Crippen LogP contribution is 2.32. The number of nitrogens with zero attached hydrogens (tertiary/aromatic N) is 4. The minimum atomic E-state index is -1.29. The third-order valence-electron chi connectivity index (χ3n) is 6.16. The van der Waals surface area contributed by atoms with Gasteiger partial charge in [-0.05, 0) is 53.6 Å². The number of carbonyl (C=O) groups is 3. The van der Waals surface area contributed by atoms with E-state index in [9.17, 15) is 19.5 Å². The molecule has 11 nitrogen and oxygen atoms in total. The molecule has 0 radical (unpaired) electrons. The Hall–Kier alpha value is -5.06. The van der Waals surface area contributed by atoms with Gasteiger partial charge in [0.15, 0.2) is 0 Å². The average Bonchev–Trinajstić information content (AvgIpc) is 3.54. The summed E-state index contributed by atoms with van der Waals surface area (Å²) in [5.74, 6) is -2.48. The van der Waals surface area contributed by atoms with Crippen LogP contribution in [-0.4, -0.2) is 59.3 Å². The Bertz CT molecular complexity index is 1630. The molecule has 0 aliphatic carbocycles. The Morgan fingerprint density at radius 2 is 1.76 bits per heavy atom. The number of aromatic amines is 1. The summed E-state index contributed by atoms with van der Waals surface area (Å²) in [6.45, 7) is 0.466. The van der Waals surface area contributed by atoms with E-state index in [4.69, 9.17) is 5.11 Å². The molecule has 0 aliphatic heterocycles. The predicted octanol–water partition coefficient (Wildman–Crippen LogP) is 3.07. The normalized spacial score (nSPS) is 12.0. The van der Waals surface area contributed by atoms with Crippen molar-refractivity contribution in [3.05, 3.63) is 77.9 Å². The first-order chi connectivity index (χ1) is 17.9. The molecule has 11 heteroatoms. The monoisotopic (exact) mass is 498 g/mol. The van der Waals surface area contributed by atoms with E-state index in [-0.39, 0.29) is 12.8 Å². The molecule has 3 aromatic carbocycles. The molecular formula is C26H22N6O5. The van der Waals surface area contributed by atoms with Gasteiger partial charge in [-0.15, -0.1) is 10.2 Å². The smallest absolute Gasteiger partial charge is 0.326 e. The van der Waals surface area contributed by atoms with Crippen molar-refractivity contribution in [2.24, 2.45) is 0 Å². The number of nitrogens with one attached hydrogen (secondary N) is 2. The molecule has 0 bridgehead atoms. The van der Waals surface area contributed by atoms with E-state index in [0.717, 1.165) is 32.9 Å². The average molecular weight is 498 g/mol. The molecule has 0 aliphatic rings. The minimum Gasteiger partial charge on any atom is -0.481 e. The van der Waals surface area contributed by atoms with Crippen LogP contribution >= 0.6 is 0 Å². The van der Waals surface area contributed by atoms with E-state index >= 15 is 0 Å². The third-order valence-corrected chi connectivity index (χ3v) is 6.16. The molecule has 186 valence electrons. The van der Waals surface area contributed by atoms with Gasteiger partial charge >= 0.3 is 11.9 Å². The van der Waals surface area contributed by atoms with Gasteiger partial charge in [0.05, 0.1) is 0 Å².